The molecule has 1 aliphatic heterocycles. The van der Waals surface area contributed by atoms with Crippen LogP contribution in [0.15, 0.2) is 18.2 Å². The molecule has 116 valence electrons. The number of nitro benzene ring substituents is 1. The van der Waals surface area contributed by atoms with E-state index in [0.29, 0.717) is 19.7 Å². The van der Waals surface area contributed by atoms with Crippen LogP contribution >= 0.6 is 0 Å². The Morgan fingerprint density at radius 2 is 2.38 bits per heavy atom. The fourth-order valence-electron chi connectivity index (χ4n) is 2.39. The first-order valence-electron chi connectivity index (χ1n) is 6.75. The molecule has 0 saturated carbocycles. The van der Waals surface area contributed by atoms with Gasteiger partial charge >= 0.3 is 0 Å². The zero-order valence-electron chi connectivity index (χ0n) is 11.9. The van der Waals surface area contributed by atoms with Crippen LogP contribution in [0.3, 0.4) is 0 Å². The molecule has 21 heavy (non-hydrogen) atoms. The number of morpholine rings is 1. The highest BCUT2D eigenvalue weighted by atomic mass is 16.6. The normalized spacial score (nSPS) is 23.0. The number of nitrogen functional groups attached to an aromatic ring is 1. The number of rotatable bonds is 5. The maximum atomic E-state index is 11.0. The Bertz CT molecular complexity index is 511. The van der Waals surface area contributed by atoms with E-state index in [1.807, 2.05) is 6.92 Å². The van der Waals surface area contributed by atoms with Crippen molar-refractivity contribution < 1.29 is 14.8 Å². The van der Waals surface area contributed by atoms with Gasteiger partial charge in [-0.05, 0) is 18.6 Å². The molecule has 0 aromatic heterocycles. The van der Waals surface area contributed by atoms with Crippen LogP contribution in [0.5, 0.6) is 0 Å². The molecule has 2 unspecified atom stereocenters. The average molecular weight is 296 g/mol. The van der Waals surface area contributed by atoms with Gasteiger partial charge in [0.1, 0.15) is 5.69 Å². The molecule has 1 heterocycles. The minimum Gasteiger partial charge on any atom is -0.394 e. The first-order valence-corrected chi connectivity index (χ1v) is 6.75. The summed E-state index contributed by atoms with van der Waals surface area (Å²) in [6.07, 6.45) is -0.207. The molecule has 1 fully saturated rings. The molecule has 0 aliphatic carbocycles. The number of nitro groups is 1. The third kappa shape index (κ3) is 3.67. The van der Waals surface area contributed by atoms with Crippen molar-refractivity contribution >= 4 is 11.4 Å². The molecule has 2 atom stereocenters. The Balaban J connectivity index is 2.15. The van der Waals surface area contributed by atoms with E-state index in [9.17, 15) is 15.2 Å². The second-order valence-electron chi connectivity index (χ2n) is 5.17. The summed E-state index contributed by atoms with van der Waals surface area (Å²) >= 11 is 0. The van der Waals surface area contributed by atoms with Crippen LogP contribution in [0.25, 0.3) is 0 Å². The lowest BCUT2D eigenvalue weighted by molar-refractivity contribution is -0.384. The highest BCUT2D eigenvalue weighted by Gasteiger charge is 2.26. The first-order chi connectivity index (χ1) is 10.0. The zero-order valence-corrected chi connectivity index (χ0v) is 11.9. The predicted octanol–water partition coefficient (Wildman–Crippen LogP) is 0.462. The SMILES string of the molecule is CC1COC(CO)CN1Cc1ccc(NN)c([N+](=O)[O-])c1. The van der Waals surface area contributed by atoms with Gasteiger partial charge in [-0.3, -0.25) is 20.9 Å². The van der Waals surface area contributed by atoms with Crippen molar-refractivity contribution in [1.29, 1.82) is 0 Å². The number of hydrazine groups is 1. The highest BCUT2D eigenvalue weighted by molar-refractivity contribution is 5.61. The van der Waals surface area contributed by atoms with Crippen molar-refractivity contribution in [2.45, 2.75) is 25.6 Å². The van der Waals surface area contributed by atoms with Crippen molar-refractivity contribution in [3.05, 3.63) is 33.9 Å². The maximum Gasteiger partial charge on any atom is 0.293 e. The largest absolute Gasteiger partial charge is 0.394 e. The van der Waals surface area contributed by atoms with E-state index in [1.54, 1.807) is 12.1 Å². The third-order valence-corrected chi connectivity index (χ3v) is 3.64. The van der Waals surface area contributed by atoms with Crippen LogP contribution in [0.2, 0.25) is 0 Å². The molecule has 8 nitrogen and oxygen atoms in total. The highest BCUT2D eigenvalue weighted by Crippen LogP contribution is 2.26. The van der Waals surface area contributed by atoms with Gasteiger partial charge in [0.15, 0.2) is 0 Å². The molecule has 1 aliphatic rings. The second-order valence-corrected chi connectivity index (χ2v) is 5.17. The van der Waals surface area contributed by atoms with Gasteiger partial charge in [-0.2, -0.15) is 0 Å². The Labute approximate surface area is 122 Å². The molecule has 2 rings (SSSR count). The van der Waals surface area contributed by atoms with Crippen LogP contribution in [0.4, 0.5) is 11.4 Å². The van der Waals surface area contributed by atoms with E-state index < -0.39 is 4.92 Å². The number of nitrogens with zero attached hydrogens (tertiary/aromatic N) is 2. The number of hydrogen-bond acceptors (Lipinski definition) is 7. The third-order valence-electron chi connectivity index (χ3n) is 3.64. The Morgan fingerprint density at radius 1 is 1.62 bits per heavy atom. The summed E-state index contributed by atoms with van der Waals surface area (Å²) in [4.78, 5) is 12.7. The summed E-state index contributed by atoms with van der Waals surface area (Å²) in [6, 6.07) is 5.12. The van der Waals surface area contributed by atoms with E-state index >= 15 is 0 Å². The van der Waals surface area contributed by atoms with Gasteiger partial charge in [-0.15, -0.1) is 0 Å². The van der Waals surface area contributed by atoms with Crippen molar-refractivity contribution in [3.8, 4) is 0 Å². The standard InChI is InChI=1S/C13H20N4O4/c1-9-8-21-11(7-18)6-16(9)5-10-2-3-12(15-14)13(4-10)17(19)20/h2-4,9,11,15,18H,5-8,14H2,1H3. The lowest BCUT2D eigenvalue weighted by Gasteiger charge is -2.37. The van der Waals surface area contributed by atoms with Gasteiger partial charge < -0.3 is 15.3 Å². The summed E-state index contributed by atoms with van der Waals surface area (Å²) in [5.41, 5.74) is 3.39. The smallest absolute Gasteiger partial charge is 0.293 e. The summed E-state index contributed by atoms with van der Waals surface area (Å²) in [6.45, 7) is 3.70. The lowest BCUT2D eigenvalue weighted by atomic mass is 10.1. The number of ether oxygens (including phenoxy) is 1. The van der Waals surface area contributed by atoms with Gasteiger partial charge in [0.05, 0.1) is 24.2 Å². The van der Waals surface area contributed by atoms with Crippen molar-refractivity contribution in [2.75, 3.05) is 25.2 Å². The van der Waals surface area contributed by atoms with Crippen molar-refractivity contribution in [1.82, 2.24) is 4.90 Å². The van der Waals surface area contributed by atoms with E-state index in [-0.39, 0.29) is 30.1 Å². The quantitative estimate of drug-likeness (QED) is 0.411. The van der Waals surface area contributed by atoms with Gasteiger partial charge in [0, 0.05) is 25.2 Å². The molecule has 1 aromatic carbocycles. The Kier molecular flexibility index (Phi) is 5.07. The summed E-state index contributed by atoms with van der Waals surface area (Å²) in [7, 11) is 0. The van der Waals surface area contributed by atoms with Crippen LogP contribution in [0.1, 0.15) is 12.5 Å². The Morgan fingerprint density at radius 3 is 3.00 bits per heavy atom. The number of benzene rings is 1. The number of anilines is 1. The molecule has 8 heteroatoms. The van der Waals surface area contributed by atoms with Crippen LogP contribution in [-0.2, 0) is 11.3 Å². The van der Waals surface area contributed by atoms with E-state index in [2.05, 4.69) is 10.3 Å². The molecule has 0 bridgehead atoms. The number of aliphatic hydroxyl groups is 1. The molecule has 0 spiro atoms. The molecular weight excluding hydrogens is 276 g/mol. The van der Waals surface area contributed by atoms with Crippen LogP contribution in [-0.4, -0.2) is 46.8 Å². The first kappa shape index (κ1) is 15.6. The number of nitrogens with two attached hydrogens (primary N) is 1. The van der Waals surface area contributed by atoms with Crippen LogP contribution in [0, 0.1) is 10.1 Å². The Hall–Kier alpha value is -1.74. The number of nitrogens with one attached hydrogen (secondary N) is 1. The number of hydrogen-bond donors (Lipinski definition) is 3. The maximum absolute atomic E-state index is 11.0. The van der Waals surface area contributed by atoms with Crippen molar-refractivity contribution in [2.24, 2.45) is 5.84 Å². The molecule has 0 amide bonds. The summed E-state index contributed by atoms with van der Waals surface area (Å²) < 4.78 is 5.48. The van der Waals surface area contributed by atoms with Gasteiger partial charge in [0.25, 0.3) is 5.69 Å². The molecule has 4 N–H and O–H groups in total. The fraction of sp³-hybridized carbons (Fsp3) is 0.538. The van der Waals surface area contributed by atoms with Crippen LogP contribution < -0.4 is 11.3 Å². The monoisotopic (exact) mass is 296 g/mol. The average Bonchev–Trinajstić information content (AvgIpc) is 2.49. The minimum atomic E-state index is -0.460. The molecule has 0 radical (unpaired) electrons. The van der Waals surface area contributed by atoms with Gasteiger partial charge in [-0.25, -0.2) is 0 Å². The summed E-state index contributed by atoms with van der Waals surface area (Å²) in [5.74, 6) is 5.27. The molecule has 1 saturated heterocycles. The van der Waals surface area contributed by atoms with E-state index in [1.165, 1.54) is 6.07 Å². The second kappa shape index (κ2) is 6.81. The topological polar surface area (TPSA) is 114 Å². The van der Waals surface area contributed by atoms with E-state index in [0.717, 1.165) is 5.56 Å². The molecule has 1 aromatic rings. The minimum absolute atomic E-state index is 0.0284. The van der Waals surface area contributed by atoms with Gasteiger partial charge in [0.2, 0.25) is 0 Å². The molecular formula is C13H20N4O4. The lowest BCUT2D eigenvalue weighted by Crippen LogP contribution is -2.48. The zero-order chi connectivity index (χ0) is 15.4. The predicted molar refractivity (Wildman–Crippen MR) is 77.6 cm³/mol. The number of aliphatic hydroxyl groups excluding tert-OH is 1. The van der Waals surface area contributed by atoms with E-state index in [4.69, 9.17) is 10.6 Å². The van der Waals surface area contributed by atoms with Gasteiger partial charge in [-0.1, -0.05) is 6.07 Å². The summed E-state index contributed by atoms with van der Waals surface area (Å²) in [5, 5.41) is 20.2. The van der Waals surface area contributed by atoms with Crippen molar-refractivity contribution in [3.63, 3.8) is 0 Å². The fourth-order valence-corrected chi connectivity index (χ4v) is 2.39.